The molecular formula is C18H22O. The van der Waals surface area contributed by atoms with E-state index in [4.69, 9.17) is 4.74 Å². The summed E-state index contributed by atoms with van der Waals surface area (Å²) in [6.45, 7) is 6.66. The van der Waals surface area contributed by atoms with Gasteiger partial charge in [-0.15, -0.1) is 0 Å². The lowest BCUT2D eigenvalue weighted by Crippen LogP contribution is -2.14. The van der Waals surface area contributed by atoms with Crippen LogP contribution in [0.1, 0.15) is 37.5 Å². The van der Waals surface area contributed by atoms with Crippen LogP contribution in [0.2, 0.25) is 0 Å². The molecule has 0 heterocycles. The van der Waals surface area contributed by atoms with Crippen molar-refractivity contribution in [2.45, 2.75) is 32.6 Å². The van der Waals surface area contributed by atoms with Gasteiger partial charge in [-0.1, -0.05) is 69.3 Å². The van der Waals surface area contributed by atoms with Crippen LogP contribution in [0.15, 0.2) is 48.5 Å². The highest BCUT2D eigenvalue weighted by Gasteiger charge is 2.20. The summed E-state index contributed by atoms with van der Waals surface area (Å²) in [5.74, 6) is 1.03. The SMILES string of the molecule is COc1c(Cc2ccccc2)cccc1C(C)(C)C. The molecule has 0 amide bonds. The summed E-state index contributed by atoms with van der Waals surface area (Å²) < 4.78 is 5.68. The quantitative estimate of drug-likeness (QED) is 0.778. The fourth-order valence-corrected chi connectivity index (χ4v) is 2.37. The Labute approximate surface area is 116 Å². The van der Waals surface area contributed by atoms with Gasteiger partial charge in [0.25, 0.3) is 0 Å². The molecule has 2 aromatic carbocycles. The van der Waals surface area contributed by atoms with Crippen LogP contribution in [-0.2, 0) is 11.8 Å². The van der Waals surface area contributed by atoms with Gasteiger partial charge >= 0.3 is 0 Å². The maximum Gasteiger partial charge on any atom is 0.126 e. The third kappa shape index (κ3) is 3.17. The Morgan fingerprint density at radius 2 is 1.58 bits per heavy atom. The molecule has 2 rings (SSSR count). The molecule has 0 fully saturated rings. The van der Waals surface area contributed by atoms with E-state index in [1.165, 1.54) is 16.7 Å². The van der Waals surface area contributed by atoms with Crippen molar-refractivity contribution in [2.75, 3.05) is 7.11 Å². The molecule has 1 nitrogen and oxygen atoms in total. The normalized spacial score (nSPS) is 11.4. The Hall–Kier alpha value is -1.76. The number of rotatable bonds is 3. The highest BCUT2D eigenvalue weighted by atomic mass is 16.5. The van der Waals surface area contributed by atoms with E-state index in [2.05, 4.69) is 63.2 Å². The van der Waals surface area contributed by atoms with Gasteiger partial charge in [0.15, 0.2) is 0 Å². The standard InChI is InChI=1S/C18H22O/c1-18(2,3)16-12-8-11-15(17(16)19-4)13-14-9-6-5-7-10-14/h5-12H,13H2,1-4H3. The Kier molecular flexibility index (Phi) is 3.94. The average molecular weight is 254 g/mol. The van der Waals surface area contributed by atoms with Crippen LogP contribution in [-0.4, -0.2) is 7.11 Å². The van der Waals surface area contributed by atoms with E-state index in [0.717, 1.165) is 12.2 Å². The lowest BCUT2D eigenvalue weighted by atomic mass is 9.84. The number of benzene rings is 2. The summed E-state index contributed by atoms with van der Waals surface area (Å²) >= 11 is 0. The zero-order valence-electron chi connectivity index (χ0n) is 12.2. The van der Waals surface area contributed by atoms with E-state index in [1.54, 1.807) is 7.11 Å². The molecule has 0 aliphatic heterocycles. The topological polar surface area (TPSA) is 9.23 Å². The van der Waals surface area contributed by atoms with Crippen molar-refractivity contribution in [1.82, 2.24) is 0 Å². The fraction of sp³-hybridized carbons (Fsp3) is 0.333. The van der Waals surface area contributed by atoms with E-state index in [-0.39, 0.29) is 5.41 Å². The summed E-state index contributed by atoms with van der Waals surface area (Å²) in [6.07, 6.45) is 0.911. The molecule has 0 saturated heterocycles. The van der Waals surface area contributed by atoms with E-state index in [0.29, 0.717) is 0 Å². The molecule has 0 N–H and O–H groups in total. The van der Waals surface area contributed by atoms with E-state index < -0.39 is 0 Å². The number of para-hydroxylation sites is 1. The van der Waals surface area contributed by atoms with Gasteiger partial charge < -0.3 is 4.74 Å². The summed E-state index contributed by atoms with van der Waals surface area (Å²) in [5.41, 5.74) is 3.93. The number of ether oxygens (including phenoxy) is 1. The second-order valence-corrected chi connectivity index (χ2v) is 5.91. The third-order valence-electron chi connectivity index (χ3n) is 3.35. The van der Waals surface area contributed by atoms with E-state index in [1.807, 2.05) is 6.07 Å². The molecule has 0 aliphatic carbocycles. The minimum Gasteiger partial charge on any atom is -0.496 e. The van der Waals surface area contributed by atoms with Gasteiger partial charge in [-0.3, -0.25) is 0 Å². The van der Waals surface area contributed by atoms with Gasteiger partial charge in [-0.25, -0.2) is 0 Å². The van der Waals surface area contributed by atoms with Gasteiger partial charge in [0.1, 0.15) is 5.75 Å². The van der Waals surface area contributed by atoms with Crippen LogP contribution in [0.4, 0.5) is 0 Å². The van der Waals surface area contributed by atoms with Crippen molar-refractivity contribution in [3.8, 4) is 5.75 Å². The first-order valence-electron chi connectivity index (χ1n) is 6.72. The summed E-state index contributed by atoms with van der Waals surface area (Å²) in [5, 5.41) is 0. The van der Waals surface area contributed by atoms with Gasteiger partial charge in [0.05, 0.1) is 7.11 Å². The molecule has 0 saturated carbocycles. The van der Waals surface area contributed by atoms with E-state index in [9.17, 15) is 0 Å². The average Bonchev–Trinajstić information content (AvgIpc) is 2.38. The maximum absolute atomic E-state index is 5.68. The van der Waals surface area contributed by atoms with Crippen molar-refractivity contribution < 1.29 is 4.74 Å². The molecular weight excluding hydrogens is 232 g/mol. The van der Waals surface area contributed by atoms with Crippen molar-refractivity contribution >= 4 is 0 Å². The molecule has 100 valence electrons. The van der Waals surface area contributed by atoms with E-state index >= 15 is 0 Å². The highest BCUT2D eigenvalue weighted by molar-refractivity contribution is 5.47. The van der Waals surface area contributed by atoms with Crippen LogP contribution in [0.5, 0.6) is 5.75 Å². The lowest BCUT2D eigenvalue weighted by molar-refractivity contribution is 0.393. The van der Waals surface area contributed by atoms with Crippen molar-refractivity contribution in [3.05, 3.63) is 65.2 Å². The largest absolute Gasteiger partial charge is 0.496 e. The van der Waals surface area contributed by atoms with Crippen LogP contribution < -0.4 is 4.74 Å². The lowest BCUT2D eigenvalue weighted by Gasteiger charge is -2.24. The number of hydrogen-bond acceptors (Lipinski definition) is 1. The van der Waals surface area contributed by atoms with Crippen LogP contribution in [0.25, 0.3) is 0 Å². The molecule has 1 heteroatoms. The highest BCUT2D eigenvalue weighted by Crippen LogP contribution is 2.34. The van der Waals surface area contributed by atoms with Crippen molar-refractivity contribution in [1.29, 1.82) is 0 Å². The molecule has 2 aromatic rings. The molecule has 0 aromatic heterocycles. The molecule has 0 bridgehead atoms. The first-order chi connectivity index (χ1) is 9.02. The van der Waals surface area contributed by atoms with Gasteiger partial charge in [0.2, 0.25) is 0 Å². The monoisotopic (exact) mass is 254 g/mol. The molecule has 19 heavy (non-hydrogen) atoms. The Bertz CT molecular complexity index is 535. The predicted molar refractivity (Wildman–Crippen MR) is 80.9 cm³/mol. The van der Waals surface area contributed by atoms with Crippen LogP contribution in [0, 0.1) is 0 Å². The Morgan fingerprint density at radius 3 is 2.16 bits per heavy atom. The second kappa shape index (κ2) is 5.48. The molecule has 0 atom stereocenters. The summed E-state index contributed by atoms with van der Waals surface area (Å²) in [4.78, 5) is 0. The molecule has 0 unspecified atom stereocenters. The zero-order valence-corrected chi connectivity index (χ0v) is 12.2. The Balaban J connectivity index is 2.41. The molecule has 0 spiro atoms. The number of methoxy groups -OCH3 is 1. The van der Waals surface area contributed by atoms with Gasteiger partial charge in [0, 0.05) is 6.42 Å². The minimum absolute atomic E-state index is 0.0953. The number of hydrogen-bond donors (Lipinski definition) is 0. The summed E-state index contributed by atoms with van der Waals surface area (Å²) in [6, 6.07) is 17.0. The maximum atomic E-state index is 5.68. The zero-order chi connectivity index (χ0) is 13.9. The minimum atomic E-state index is 0.0953. The van der Waals surface area contributed by atoms with Crippen molar-refractivity contribution in [3.63, 3.8) is 0 Å². The first kappa shape index (κ1) is 13.7. The smallest absolute Gasteiger partial charge is 0.126 e. The molecule has 0 radical (unpaired) electrons. The van der Waals surface area contributed by atoms with Gasteiger partial charge in [-0.05, 0) is 22.1 Å². The molecule has 0 aliphatic rings. The second-order valence-electron chi connectivity index (χ2n) is 5.91. The first-order valence-corrected chi connectivity index (χ1v) is 6.72. The van der Waals surface area contributed by atoms with Crippen molar-refractivity contribution in [2.24, 2.45) is 0 Å². The predicted octanol–water partition coefficient (Wildman–Crippen LogP) is 4.58. The Morgan fingerprint density at radius 1 is 0.895 bits per heavy atom. The van der Waals surface area contributed by atoms with Crippen LogP contribution >= 0.6 is 0 Å². The van der Waals surface area contributed by atoms with Crippen LogP contribution in [0.3, 0.4) is 0 Å². The van der Waals surface area contributed by atoms with Gasteiger partial charge in [-0.2, -0.15) is 0 Å². The fourth-order valence-electron chi connectivity index (χ4n) is 2.37. The summed E-state index contributed by atoms with van der Waals surface area (Å²) in [7, 11) is 1.76. The third-order valence-corrected chi connectivity index (χ3v) is 3.35.